The van der Waals surface area contributed by atoms with Gasteiger partial charge in [0.1, 0.15) is 11.9 Å². The van der Waals surface area contributed by atoms with Gasteiger partial charge in [-0.15, -0.1) is 0 Å². The summed E-state index contributed by atoms with van der Waals surface area (Å²) in [6.45, 7) is 1.21. The summed E-state index contributed by atoms with van der Waals surface area (Å²) < 4.78 is 10.9. The van der Waals surface area contributed by atoms with Crippen LogP contribution in [0.25, 0.3) is 0 Å². The molecule has 1 aliphatic heterocycles. The van der Waals surface area contributed by atoms with Crippen LogP contribution in [0.2, 0.25) is 0 Å². The first-order valence-electron chi connectivity index (χ1n) is 7.52. The molecule has 120 valence electrons. The van der Waals surface area contributed by atoms with Crippen molar-refractivity contribution in [1.82, 2.24) is 9.88 Å². The van der Waals surface area contributed by atoms with Crippen molar-refractivity contribution in [3.63, 3.8) is 0 Å². The molecule has 0 radical (unpaired) electrons. The van der Waals surface area contributed by atoms with Crippen LogP contribution in [0.4, 0.5) is 10.5 Å². The number of hydrogen-bond donors (Lipinski definition) is 1. The van der Waals surface area contributed by atoms with Gasteiger partial charge in [0, 0.05) is 37.0 Å². The molecule has 2 heterocycles. The van der Waals surface area contributed by atoms with Gasteiger partial charge in [-0.1, -0.05) is 12.1 Å². The zero-order valence-electron chi connectivity index (χ0n) is 12.9. The summed E-state index contributed by atoms with van der Waals surface area (Å²) in [6, 6.07) is 12.7. The van der Waals surface area contributed by atoms with Gasteiger partial charge in [0.25, 0.3) is 0 Å². The quantitative estimate of drug-likeness (QED) is 0.942. The van der Waals surface area contributed by atoms with Crippen molar-refractivity contribution in [3.05, 3.63) is 48.7 Å². The molecule has 1 N–H and O–H groups in total. The van der Waals surface area contributed by atoms with Gasteiger partial charge in [-0.2, -0.15) is 0 Å². The van der Waals surface area contributed by atoms with Gasteiger partial charge in [-0.05, 0) is 18.2 Å². The van der Waals surface area contributed by atoms with E-state index >= 15 is 0 Å². The van der Waals surface area contributed by atoms with Crippen molar-refractivity contribution in [2.75, 3.05) is 25.5 Å². The standard InChI is InChI=1S/C17H19N3O3/c1-22-14-6-4-5-13(11-14)19-17(21)20-10-8-15(12-20)23-16-7-2-3-9-18-16/h2-7,9,11,15H,8,10,12H2,1H3,(H,19,21). The van der Waals surface area contributed by atoms with Gasteiger partial charge in [0.05, 0.1) is 13.7 Å². The Morgan fingerprint density at radius 2 is 2.22 bits per heavy atom. The average Bonchev–Trinajstić information content (AvgIpc) is 3.04. The number of amides is 2. The van der Waals surface area contributed by atoms with Crippen molar-refractivity contribution in [1.29, 1.82) is 0 Å². The Balaban J connectivity index is 1.55. The van der Waals surface area contributed by atoms with Crippen molar-refractivity contribution in [2.24, 2.45) is 0 Å². The highest BCUT2D eigenvalue weighted by Gasteiger charge is 2.27. The van der Waals surface area contributed by atoms with Gasteiger partial charge < -0.3 is 19.7 Å². The molecule has 3 rings (SSSR count). The molecule has 1 unspecified atom stereocenters. The highest BCUT2D eigenvalue weighted by Crippen LogP contribution is 2.20. The topological polar surface area (TPSA) is 63.7 Å². The van der Waals surface area contributed by atoms with Crippen molar-refractivity contribution < 1.29 is 14.3 Å². The van der Waals surface area contributed by atoms with Crippen LogP contribution in [0.15, 0.2) is 48.7 Å². The first kappa shape index (κ1) is 15.1. The third-order valence-corrected chi connectivity index (χ3v) is 3.68. The summed E-state index contributed by atoms with van der Waals surface area (Å²) in [6.07, 6.45) is 2.46. The molecule has 2 amide bonds. The maximum absolute atomic E-state index is 12.3. The van der Waals surface area contributed by atoms with Gasteiger partial charge in [0.2, 0.25) is 5.88 Å². The van der Waals surface area contributed by atoms with E-state index in [0.717, 1.165) is 6.42 Å². The summed E-state index contributed by atoms with van der Waals surface area (Å²) >= 11 is 0. The van der Waals surface area contributed by atoms with Crippen LogP contribution >= 0.6 is 0 Å². The third kappa shape index (κ3) is 3.91. The molecule has 1 aromatic heterocycles. The Labute approximate surface area is 135 Å². The SMILES string of the molecule is COc1cccc(NC(=O)N2CCC(Oc3ccccn3)C2)c1. The van der Waals surface area contributed by atoms with E-state index < -0.39 is 0 Å². The lowest BCUT2D eigenvalue weighted by atomic mass is 10.3. The Morgan fingerprint density at radius 3 is 3.00 bits per heavy atom. The number of aromatic nitrogens is 1. The van der Waals surface area contributed by atoms with E-state index in [1.807, 2.05) is 36.4 Å². The normalized spacial score (nSPS) is 16.9. The number of hydrogen-bond acceptors (Lipinski definition) is 4. The number of nitrogens with one attached hydrogen (secondary N) is 1. The Kier molecular flexibility index (Phi) is 4.61. The minimum atomic E-state index is -0.134. The van der Waals surface area contributed by atoms with Crippen molar-refractivity contribution in [2.45, 2.75) is 12.5 Å². The Morgan fingerprint density at radius 1 is 1.30 bits per heavy atom. The lowest BCUT2D eigenvalue weighted by molar-refractivity contribution is 0.190. The van der Waals surface area contributed by atoms with E-state index in [4.69, 9.17) is 9.47 Å². The number of methoxy groups -OCH3 is 1. The molecule has 6 nitrogen and oxygen atoms in total. The van der Waals surface area contributed by atoms with E-state index in [-0.39, 0.29) is 12.1 Å². The van der Waals surface area contributed by atoms with E-state index in [2.05, 4.69) is 10.3 Å². The zero-order chi connectivity index (χ0) is 16.1. The third-order valence-electron chi connectivity index (χ3n) is 3.68. The number of ether oxygens (including phenoxy) is 2. The number of carbonyl (C=O) groups excluding carboxylic acids is 1. The first-order valence-corrected chi connectivity index (χ1v) is 7.52. The van der Waals surface area contributed by atoms with E-state index in [0.29, 0.717) is 30.4 Å². The number of carbonyl (C=O) groups is 1. The number of anilines is 1. The highest BCUT2D eigenvalue weighted by molar-refractivity contribution is 5.89. The molecule has 0 aliphatic carbocycles. The number of urea groups is 1. The number of rotatable bonds is 4. The Bertz CT molecular complexity index is 663. The molecule has 0 spiro atoms. The van der Waals surface area contributed by atoms with E-state index in [9.17, 15) is 4.79 Å². The molecule has 1 saturated heterocycles. The highest BCUT2D eigenvalue weighted by atomic mass is 16.5. The van der Waals surface area contributed by atoms with Crippen LogP contribution in [0, 0.1) is 0 Å². The number of nitrogens with zero attached hydrogens (tertiary/aromatic N) is 2. The number of likely N-dealkylation sites (tertiary alicyclic amines) is 1. The van der Waals surface area contributed by atoms with Gasteiger partial charge in [0.15, 0.2) is 0 Å². The largest absolute Gasteiger partial charge is 0.497 e. The lowest BCUT2D eigenvalue weighted by Gasteiger charge is -2.18. The minimum absolute atomic E-state index is 0.0269. The van der Waals surface area contributed by atoms with Crippen LogP contribution in [-0.4, -0.2) is 42.2 Å². The van der Waals surface area contributed by atoms with Crippen LogP contribution < -0.4 is 14.8 Å². The molecule has 1 aromatic carbocycles. The fourth-order valence-corrected chi connectivity index (χ4v) is 2.50. The summed E-state index contributed by atoms with van der Waals surface area (Å²) in [5.74, 6) is 1.30. The molecule has 0 bridgehead atoms. The molecular formula is C17H19N3O3. The molecule has 1 aliphatic rings. The lowest BCUT2D eigenvalue weighted by Crippen LogP contribution is -2.34. The predicted molar refractivity (Wildman–Crippen MR) is 86.9 cm³/mol. The molecule has 1 atom stereocenters. The fraction of sp³-hybridized carbons (Fsp3) is 0.294. The molecule has 2 aromatic rings. The minimum Gasteiger partial charge on any atom is -0.497 e. The van der Waals surface area contributed by atoms with Crippen LogP contribution in [0.1, 0.15) is 6.42 Å². The van der Waals surface area contributed by atoms with Crippen LogP contribution in [-0.2, 0) is 0 Å². The van der Waals surface area contributed by atoms with Crippen molar-refractivity contribution >= 4 is 11.7 Å². The maximum Gasteiger partial charge on any atom is 0.321 e. The maximum atomic E-state index is 12.3. The van der Waals surface area contributed by atoms with Crippen LogP contribution in [0.5, 0.6) is 11.6 Å². The second-order valence-corrected chi connectivity index (χ2v) is 5.30. The van der Waals surface area contributed by atoms with Crippen molar-refractivity contribution in [3.8, 4) is 11.6 Å². The number of benzene rings is 1. The Hall–Kier alpha value is -2.76. The molecule has 1 fully saturated rings. The predicted octanol–water partition coefficient (Wildman–Crippen LogP) is 2.78. The second-order valence-electron chi connectivity index (χ2n) is 5.30. The second kappa shape index (κ2) is 7.00. The van der Waals surface area contributed by atoms with Gasteiger partial charge in [-0.3, -0.25) is 0 Å². The summed E-state index contributed by atoms with van der Waals surface area (Å²) in [5.41, 5.74) is 0.712. The molecular weight excluding hydrogens is 294 g/mol. The van der Waals surface area contributed by atoms with Gasteiger partial charge in [-0.25, -0.2) is 9.78 Å². The molecule has 23 heavy (non-hydrogen) atoms. The van der Waals surface area contributed by atoms with E-state index in [1.54, 1.807) is 24.3 Å². The summed E-state index contributed by atoms with van der Waals surface area (Å²) in [7, 11) is 1.60. The fourth-order valence-electron chi connectivity index (χ4n) is 2.50. The van der Waals surface area contributed by atoms with Crippen LogP contribution in [0.3, 0.4) is 0 Å². The zero-order valence-corrected chi connectivity index (χ0v) is 12.9. The molecule has 0 saturated carbocycles. The smallest absolute Gasteiger partial charge is 0.321 e. The monoisotopic (exact) mass is 313 g/mol. The summed E-state index contributed by atoms with van der Waals surface area (Å²) in [4.78, 5) is 18.2. The summed E-state index contributed by atoms with van der Waals surface area (Å²) in [5, 5.41) is 2.88. The average molecular weight is 313 g/mol. The molecule has 6 heteroatoms. The van der Waals surface area contributed by atoms with E-state index in [1.165, 1.54) is 0 Å². The van der Waals surface area contributed by atoms with Gasteiger partial charge >= 0.3 is 6.03 Å². The number of pyridine rings is 1. The first-order chi connectivity index (χ1) is 11.2.